The number of carbonyl (C=O) groups is 1. The third kappa shape index (κ3) is 3.81. The Morgan fingerprint density at radius 2 is 2.07 bits per heavy atom. The molecule has 0 fully saturated rings. The van der Waals surface area contributed by atoms with Crippen molar-refractivity contribution in [3.8, 4) is 11.4 Å². The molecule has 148 valence electrons. The maximum Gasteiger partial charge on any atom is 0.348 e. The number of esters is 1. The molecule has 0 saturated heterocycles. The molecule has 4 rings (SSSR count). The maximum atomic E-state index is 14.5. The molecule has 0 bridgehead atoms. The van der Waals surface area contributed by atoms with Crippen LogP contribution in [0.3, 0.4) is 0 Å². The van der Waals surface area contributed by atoms with Crippen molar-refractivity contribution in [2.24, 2.45) is 0 Å². The van der Waals surface area contributed by atoms with Gasteiger partial charge < -0.3 is 9.84 Å². The second kappa shape index (κ2) is 8.18. The first-order valence-corrected chi connectivity index (χ1v) is 10.5. The summed E-state index contributed by atoms with van der Waals surface area (Å²) in [5.74, 6) is -0.437. The number of phenolic OH excluding ortho intramolecular Hbond substituents is 1. The summed E-state index contributed by atoms with van der Waals surface area (Å²) in [5, 5.41) is 22.0. The minimum absolute atomic E-state index is 0.135. The summed E-state index contributed by atoms with van der Waals surface area (Å²) in [6.45, 7) is 1.97. The lowest BCUT2D eigenvalue weighted by Gasteiger charge is -2.06. The molecule has 29 heavy (non-hydrogen) atoms. The number of rotatable bonds is 6. The number of thioether (sulfide) groups is 1. The molecule has 0 atom stereocenters. The third-order valence-corrected chi connectivity index (χ3v) is 6.23. The van der Waals surface area contributed by atoms with Crippen molar-refractivity contribution in [2.45, 2.75) is 17.8 Å². The average molecular weight is 430 g/mol. The Morgan fingerprint density at radius 3 is 2.83 bits per heavy atom. The number of aromatic hydroxyl groups is 1. The molecule has 4 aromatic rings. The van der Waals surface area contributed by atoms with E-state index in [1.807, 2.05) is 0 Å². The Labute approximate surface area is 173 Å². The van der Waals surface area contributed by atoms with Crippen molar-refractivity contribution in [1.29, 1.82) is 0 Å². The molecule has 2 heterocycles. The summed E-state index contributed by atoms with van der Waals surface area (Å²) >= 11 is 2.49. The van der Waals surface area contributed by atoms with Crippen LogP contribution in [-0.2, 0) is 10.5 Å². The molecule has 1 N–H and O–H groups in total. The number of hydrogen-bond donors (Lipinski definition) is 1. The van der Waals surface area contributed by atoms with Crippen LogP contribution in [0.1, 0.15) is 22.2 Å². The number of tetrazole rings is 1. The van der Waals surface area contributed by atoms with Gasteiger partial charge in [0.05, 0.1) is 12.3 Å². The van der Waals surface area contributed by atoms with Crippen molar-refractivity contribution >= 4 is 39.2 Å². The number of carbonyl (C=O) groups excluding carboxylic acids is 1. The van der Waals surface area contributed by atoms with E-state index < -0.39 is 5.97 Å². The molecule has 10 heteroatoms. The number of aromatic nitrogens is 4. The smallest absolute Gasteiger partial charge is 0.348 e. The Kier molecular flexibility index (Phi) is 5.45. The molecule has 2 aromatic heterocycles. The first-order valence-electron chi connectivity index (χ1n) is 8.66. The van der Waals surface area contributed by atoms with Gasteiger partial charge in [0.25, 0.3) is 0 Å². The van der Waals surface area contributed by atoms with Gasteiger partial charge in [0.1, 0.15) is 16.4 Å². The minimum atomic E-state index is -0.471. The highest BCUT2D eigenvalue weighted by molar-refractivity contribution is 7.98. The Bertz CT molecular complexity index is 1170. The fourth-order valence-corrected chi connectivity index (χ4v) is 4.97. The van der Waals surface area contributed by atoms with Gasteiger partial charge in [-0.15, -0.1) is 16.4 Å². The molecule has 0 saturated carbocycles. The largest absolute Gasteiger partial charge is 0.508 e. The molecule has 0 aliphatic heterocycles. The summed E-state index contributed by atoms with van der Waals surface area (Å²) in [4.78, 5) is 12.8. The van der Waals surface area contributed by atoms with E-state index in [-0.39, 0.29) is 23.9 Å². The van der Waals surface area contributed by atoms with Crippen LogP contribution in [-0.4, -0.2) is 37.9 Å². The van der Waals surface area contributed by atoms with E-state index in [0.717, 1.165) is 0 Å². The van der Waals surface area contributed by atoms with Crippen LogP contribution in [0.25, 0.3) is 15.8 Å². The maximum absolute atomic E-state index is 14.5. The normalized spacial score (nSPS) is 11.1. The van der Waals surface area contributed by atoms with E-state index in [4.69, 9.17) is 4.74 Å². The van der Waals surface area contributed by atoms with Crippen LogP contribution in [0.4, 0.5) is 4.39 Å². The van der Waals surface area contributed by atoms with E-state index in [9.17, 15) is 14.3 Å². The minimum Gasteiger partial charge on any atom is -0.508 e. The van der Waals surface area contributed by atoms with Gasteiger partial charge in [0, 0.05) is 15.8 Å². The van der Waals surface area contributed by atoms with Crippen LogP contribution in [0.2, 0.25) is 0 Å². The Hall–Kier alpha value is -2.98. The standard InChI is InChI=1S/C19H15FN4O3S2/c1-2-27-18(26)17-13(16-14(20)4-3-5-15(16)29-17)10-28-19-21-22-23-24(19)11-6-8-12(25)9-7-11/h3-9,25H,2,10H2,1H3. The molecule has 0 amide bonds. The fourth-order valence-electron chi connectivity index (χ4n) is 2.83. The number of nitrogens with zero attached hydrogens (tertiary/aromatic N) is 4. The van der Waals surface area contributed by atoms with E-state index in [0.29, 0.717) is 31.4 Å². The highest BCUT2D eigenvalue weighted by atomic mass is 32.2. The molecule has 0 aliphatic carbocycles. The Balaban J connectivity index is 1.69. The predicted octanol–water partition coefficient (Wildman–Crippen LogP) is 4.19. The number of fused-ring (bicyclic) bond motifs is 1. The van der Waals surface area contributed by atoms with E-state index in [1.54, 1.807) is 31.2 Å². The highest BCUT2D eigenvalue weighted by Crippen LogP contribution is 2.37. The monoisotopic (exact) mass is 430 g/mol. The lowest BCUT2D eigenvalue weighted by molar-refractivity contribution is 0.0531. The first-order chi connectivity index (χ1) is 14.1. The number of ether oxygens (including phenoxy) is 1. The summed E-state index contributed by atoms with van der Waals surface area (Å²) < 4.78 is 21.9. The lowest BCUT2D eigenvalue weighted by Crippen LogP contribution is -2.05. The number of halogens is 1. The van der Waals surface area contributed by atoms with E-state index in [2.05, 4.69) is 15.5 Å². The molecule has 0 unspecified atom stereocenters. The lowest BCUT2D eigenvalue weighted by atomic mass is 10.1. The SMILES string of the molecule is CCOC(=O)c1sc2cccc(F)c2c1CSc1nnnn1-c1ccc(O)cc1. The molecule has 2 aromatic carbocycles. The van der Waals surface area contributed by atoms with Crippen LogP contribution in [0, 0.1) is 5.82 Å². The summed E-state index contributed by atoms with van der Waals surface area (Å²) in [6.07, 6.45) is 0. The van der Waals surface area contributed by atoms with Gasteiger partial charge in [-0.25, -0.2) is 9.18 Å². The van der Waals surface area contributed by atoms with Crippen molar-refractivity contribution < 1.29 is 19.0 Å². The molecular weight excluding hydrogens is 415 g/mol. The van der Waals surface area contributed by atoms with Gasteiger partial charge in [-0.1, -0.05) is 17.8 Å². The van der Waals surface area contributed by atoms with Crippen LogP contribution >= 0.6 is 23.1 Å². The van der Waals surface area contributed by atoms with Gasteiger partial charge in [0.15, 0.2) is 0 Å². The number of phenols is 1. The highest BCUT2D eigenvalue weighted by Gasteiger charge is 2.22. The summed E-state index contributed by atoms with van der Waals surface area (Å²) in [7, 11) is 0. The fraction of sp³-hybridized carbons (Fsp3) is 0.158. The van der Waals surface area contributed by atoms with Crippen LogP contribution in [0.15, 0.2) is 47.6 Å². The zero-order valence-electron chi connectivity index (χ0n) is 15.2. The molecule has 0 radical (unpaired) electrons. The van der Waals surface area contributed by atoms with Crippen molar-refractivity contribution in [3.05, 3.63) is 58.7 Å². The quantitative estimate of drug-likeness (QED) is 0.362. The molecule has 0 spiro atoms. The van der Waals surface area contributed by atoms with Gasteiger partial charge in [0.2, 0.25) is 5.16 Å². The van der Waals surface area contributed by atoms with Crippen LogP contribution < -0.4 is 0 Å². The number of benzene rings is 2. The van der Waals surface area contributed by atoms with Crippen molar-refractivity contribution in [3.63, 3.8) is 0 Å². The zero-order valence-corrected chi connectivity index (χ0v) is 16.8. The number of thiophene rings is 1. The van der Waals surface area contributed by atoms with E-state index in [1.165, 1.54) is 46.0 Å². The molecule has 0 aliphatic rings. The van der Waals surface area contributed by atoms with Gasteiger partial charge in [-0.3, -0.25) is 0 Å². The number of hydrogen-bond acceptors (Lipinski definition) is 8. The third-order valence-electron chi connectivity index (χ3n) is 4.10. The van der Waals surface area contributed by atoms with Gasteiger partial charge in [-0.05, 0) is 59.3 Å². The first kappa shape index (κ1) is 19.3. The van der Waals surface area contributed by atoms with E-state index >= 15 is 0 Å². The van der Waals surface area contributed by atoms with Gasteiger partial charge in [-0.2, -0.15) is 4.68 Å². The summed E-state index contributed by atoms with van der Waals surface area (Å²) in [5.41, 5.74) is 1.23. The predicted molar refractivity (Wildman–Crippen MR) is 108 cm³/mol. The molecular formula is C19H15FN4O3S2. The van der Waals surface area contributed by atoms with Crippen LogP contribution in [0.5, 0.6) is 5.75 Å². The van der Waals surface area contributed by atoms with Crippen molar-refractivity contribution in [1.82, 2.24) is 20.2 Å². The Morgan fingerprint density at radius 1 is 1.28 bits per heavy atom. The van der Waals surface area contributed by atoms with Gasteiger partial charge >= 0.3 is 5.97 Å². The summed E-state index contributed by atoms with van der Waals surface area (Å²) in [6, 6.07) is 11.2. The van der Waals surface area contributed by atoms with Crippen molar-refractivity contribution in [2.75, 3.05) is 6.61 Å². The average Bonchev–Trinajstić information content (AvgIpc) is 3.32. The second-order valence-electron chi connectivity index (χ2n) is 5.92. The molecule has 7 nitrogen and oxygen atoms in total. The zero-order chi connectivity index (χ0) is 20.4. The second-order valence-corrected chi connectivity index (χ2v) is 7.92. The topological polar surface area (TPSA) is 90.1 Å².